The predicted octanol–water partition coefficient (Wildman–Crippen LogP) is 3.36. The molecule has 0 spiro atoms. The van der Waals surface area contributed by atoms with E-state index in [9.17, 15) is 14.7 Å². The average Bonchev–Trinajstić information content (AvgIpc) is 2.83. The summed E-state index contributed by atoms with van der Waals surface area (Å²) in [7, 11) is 0. The van der Waals surface area contributed by atoms with Crippen molar-refractivity contribution >= 4 is 23.1 Å². The summed E-state index contributed by atoms with van der Waals surface area (Å²) in [6.45, 7) is 0. The second-order valence-electron chi connectivity index (χ2n) is 4.72. The van der Waals surface area contributed by atoms with Crippen molar-refractivity contribution in [3.8, 4) is 0 Å². The van der Waals surface area contributed by atoms with Gasteiger partial charge in [-0.05, 0) is 24.3 Å². The van der Waals surface area contributed by atoms with Gasteiger partial charge in [0.15, 0.2) is 5.78 Å². The Morgan fingerprint density at radius 3 is 2.53 bits per heavy atom. The molecule has 0 unspecified atom stereocenters. The number of carbonyl (C=O) groups is 2. The Morgan fingerprint density at radius 1 is 1.29 bits per heavy atom. The summed E-state index contributed by atoms with van der Waals surface area (Å²) in [6, 6.07) is 3.59. The van der Waals surface area contributed by atoms with Crippen molar-refractivity contribution in [2.45, 2.75) is 38.5 Å². The van der Waals surface area contributed by atoms with Gasteiger partial charge in [0.05, 0.1) is 10.3 Å². The van der Waals surface area contributed by atoms with Crippen molar-refractivity contribution in [3.05, 3.63) is 22.4 Å². The highest BCUT2D eigenvalue weighted by molar-refractivity contribution is 7.12. The molecule has 0 radical (unpaired) electrons. The Balaban J connectivity index is 2.13. The summed E-state index contributed by atoms with van der Waals surface area (Å²) in [6.07, 6.45) is 4.36. The van der Waals surface area contributed by atoms with Gasteiger partial charge in [-0.15, -0.1) is 11.3 Å². The van der Waals surface area contributed by atoms with E-state index in [1.807, 2.05) is 11.4 Å². The number of ketones is 1. The number of carboxylic acid groups (broad SMARTS) is 1. The molecule has 1 aromatic rings. The molecule has 0 saturated heterocycles. The van der Waals surface area contributed by atoms with Crippen molar-refractivity contribution in [3.63, 3.8) is 0 Å². The molecule has 0 bridgehead atoms. The first-order chi connectivity index (χ1) is 8.14. The Morgan fingerprint density at radius 2 is 2.00 bits per heavy atom. The third-order valence-corrected chi connectivity index (χ3v) is 4.47. The quantitative estimate of drug-likeness (QED) is 0.836. The zero-order valence-electron chi connectivity index (χ0n) is 9.65. The molecule has 3 nitrogen and oxygen atoms in total. The SMILES string of the molecule is O=C(CC1(C(=O)O)CCCCC1)c1cccs1. The van der Waals surface area contributed by atoms with Crippen LogP contribution >= 0.6 is 11.3 Å². The number of thiophene rings is 1. The Kier molecular flexibility index (Phi) is 3.62. The molecule has 92 valence electrons. The number of rotatable bonds is 4. The van der Waals surface area contributed by atoms with Gasteiger partial charge >= 0.3 is 5.97 Å². The van der Waals surface area contributed by atoms with Gasteiger partial charge in [0, 0.05) is 6.42 Å². The summed E-state index contributed by atoms with van der Waals surface area (Å²) >= 11 is 1.39. The van der Waals surface area contributed by atoms with Gasteiger partial charge in [-0.25, -0.2) is 0 Å². The van der Waals surface area contributed by atoms with Crippen LogP contribution in [-0.2, 0) is 4.79 Å². The molecule has 1 aliphatic carbocycles. The van der Waals surface area contributed by atoms with E-state index >= 15 is 0 Å². The monoisotopic (exact) mass is 252 g/mol. The van der Waals surface area contributed by atoms with E-state index in [1.54, 1.807) is 6.07 Å². The lowest BCUT2D eigenvalue weighted by Crippen LogP contribution is -2.35. The second-order valence-corrected chi connectivity index (χ2v) is 5.67. The third kappa shape index (κ3) is 2.57. The van der Waals surface area contributed by atoms with Gasteiger partial charge < -0.3 is 5.11 Å². The third-order valence-electron chi connectivity index (χ3n) is 3.56. The van der Waals surface area contributed by atoms with Gasteiger partial charge in [0.25, 0.3) is 0 Å². The maximum atomic E-state index is 12.0. The number of aliphatic carboxylic acids is 1. The van der Waals surface area contributed by atoms with Crippen molar-refractivity contribution in [2.24, 2.45) is 5.41 Å². The van der Waals surface area contributed by atoms with Crippen molar-refractivity contribution < 1.29 is 14.7 Å². The van der Waals surface area contributed by atoms with E-state index < -0.39 is 11.4 Å². The minimum Gasteiger partial charge on any atom is -0.481 e. The van der Waals surface area contributed by atoms with E-state index in [4.69, 9.17) is 0 Å². The van der Waals surface area contributed by atoms with Crippen LogP contribution in [0.3, 0.4) is 0 Å². The lowest BCUT2D eigenvalue weighted by atomic mass is 9.71. The summed E-state index contributed by atoms with van der Waals surface area (Å²) < 4.78 is 0. The van der Waals surface area contributed by atoms with E-state index in [-0.39, 0.29) is 12.2 Å². The Labute approximate surface area is 104 Å². The van der Waals surface area contributed by atoms with Gasteiger partial charge in [-0.1, -0.05) is 25.3 Å². The zero-order valence-corrected chi connectivity index (χ0v) is 10.5. The number of carbonyl (C=O) groups excluding carboxylic acids is 1. The molecule has 0 aromatic carbocycles. The van der Waals surface area contributed by atoms with Crippen LogP contribution in [-0.4, -0.2) is 16.9 Å². The number of carboxylic acids is 1. The fraction of sp³-hybridized carbons (Fsp3) is 0.538. The van der Waals surface area contributed by atoms with Crippen LogP contribution in [0.1, 0.15) is 48.2 Å². The van der Waals surface area contributed by atoms with Gasteiger partial charge in [-0.3, -0.25) is 9.59 Å². The lowest BCUT2D eigenvalue weighted by molar-refractivity contribution is -0.150. The van der Waals surface area contributed by atoms with Crippen molar-refractivity contribution in [1.82, 2.24) is 0 Å². The molecule has 0 aliphatic heterocycles. The lowest BCUT2D eigenvalue weighted by Gasteiger charge is -2.32. The molecule has 1 aliphatic rings. The molecule has 1 fully saturated rings. The maximum absolute atomic E-state index is 12.0. The number of Topliss-reactive ketones (excluding diaryl/α,β-unsaturated/α-hetero) is 1. The predicted molar refractivity (Wildman–Crippen MR) is 66.4 cm³/mol. The Bertz CT molecular complexity index is 402. The highest BCUT2D eigenvalue weighted by atomic mass is 32.1. The van der Waals surface area contributed by atoms with Crippen LogP contribution in [0.2, 0.25) is 0 Å². The first-order valence-electron chi connectivity index (χ1n) is 5.94. The highest BCUT2D eigenvalue weighted by Crippen LogP contribution is 2.40. The van der Waals surface area contributed by atoms with Crippen molar-refractivity contribution in [1.29, 1.82) is 0 Å². The Hall–Kier alpha value is -1.16. The molecule has 17 heavy (non-hydrogen) atoms. The fourth-order valence-corrected chi connectivity index (χ4v) is 3.19. The molecule has 1 N–H and O–H groups in total. The molecule has 1 heterocycles. The first kappa shape index (κ1) is 12.3. The number of hydrogen-bond donors (Lipinski definition) is 1. The average molecular weight is 252 g/mol. The van der Waals surface area contributed by atoms with E-state index in [2.05, 4.69) is 0 Å². The van der Waals surface area contributed by atoms with Crippen molar-refractivity contribution in [2.75, 3.05) is 0 Å². The van der Waals surface area contributed by atoms with Crippen LogP contribution in [0, 0.1) is 5.41 Å². The zero-order chi connectivity index (χ0) is 12.3. The molecule has 1 saturated carbocycles. The largest absolute Gasteiger partial charge is 0.481 e. The van der Waals surface area contributed by atoms with Crippen LogP contribution in [0.5, 0.6) is 0 Å². The fourth-order valence-electron chi connectivity index (χ4n) is 2.53. The summed E-state index contributed by atoms with van der Waals surface area (Å²) in [5, 5.41) is 11.2. The minimum atomic E-state index is -0.806. The molecule has 0 atom stereocenters. The molecule has 0 amide bonds. The summed E-state index contributed by atoms with van der Waals surface area (Å²) in [4.78, 5) is 24.1. The topological polar surface area (TPSA) is 54.4 Å². The minimum absolute atomic E-state index is 0.0238. The first-order valence-corrected chi connectivity index (χ1v) is 6.82. The van der Waals surface area contributed by atoms with Crippen LogP contribution < -0.4 is 0 Å². The molecule has 2 rings (SSSR count). The molecule has 1 aromatic heterocycles. The standard InChI is InChI=1S/C13H16O3S/c14-10(11-5-4-8-17-11)9-13(12(15)16)6-2-1-3-7-13/h4-5,8H,1-3,6-7,9H2,(H,15,16). The van der Waals surface area contributed by atoms with Gasteiger partial charge in [0.1, 0.15) is 0 Å². The second kappa shape index (κ2) is 5.00. The smallest absolute Gasteiger partial charge is 0.310 e. The van der Waals surface area contributed by atoms with E-state index in [1.165, 1.54) is 11.3 Å². The van der Waals surface area contributed by atoms with E-state index in [0.29, 0.717) is 17.7 Å². The molecular formula is C13H16O3S. The molecular weight excluding hydrogens is 236 g/mol. The highest BCUT2D eigenvalue weighted by Gasteiger charge is 2.41. The van der Waals surface area contributed by atoms with Gasteiger partial charge in [0.2, 0.25) is 0 Å². The molecule has 4 heteroatoms. The summed E-state index contributed by atoms with van der Waals surface area (Å²) in [5.41, 5.74) is -0.806. The van der Waals surface area contributed by atoms with E-state index in [0.717, 1.165) is 19.3 Å². The van der Waals surface area contributed by atoms with Crippen LogP contribution in [0.15, 0.2) is 17.5 Å². The van der Waals surface area contributed by atoms with Crippen LogP contribution in [0.25, 0.3) is 0 Å². The maximum Gasteiger partial charge on any atom is 0.310 e. The van der Waals surface area contributed by atoms with Gasteiger partial charge in [-0.2, -0.15) is 0 Å². The summed E-state index contributed by atoms with van der Waals surface area (Å²) in [5.74, 6) is -0.827. The normalized spacial score (nSPS) is 18.8. The number of hydrogen-bond acceptors (Lipinski definition) is 3. The van der Waals surface area contributed by atoms with Crippen LogP contribution in [0.4, 0.5) is 0 Å².